The van der Waals surface area contributed by atoms with Crippen LogP contribution in [0.5, 0.6) is 0 Å². The molecule has 1 aromatic carbocycles. The number of aliphatic hydroxyl groups excluding tert-OH is 1. The number of benzene rings is 1. The number of hydrogen-bond acceptors (Lipinski definition) is 3. The molecule has 19 heavy (non-hydrogen) atoms. The first-order valence-electron chi connectivity index (χ1n) is 6.25. The lowest BCUT2D eigenvalue weighted by molar-refractivity contribution is 0.147. The highest BCUT2D eigenvalue weighted by atomic mass is 16.5. The summed E-state index contributed by atoms with van der Waals surface area (Å²) in [5.74, 6) is 6.04. The van der Waals surface area contributed by atoms with Gasteiger partial charge in [-0.3, -0.25) is 5.32 Å². The summed E-state index contributed by atoms with van der Waals surface area (Å²) in [5, 5.41) is 11.3. The van der Waals surface area contributed by atoms with Crippen molar-refractivity contribution >= 4 is 11.8 Å². The van der Waals surface area contributed by atoms with Crippen molar-refractivity contribution in [1.82, 2.24) is 0 Å². The molecule has 0 fully saturated rings. The first-order valence-corrected chi connectivity index (χ1v) is 6.25. The fraction of sp³-hybridized carbons (Fsp3) is 0.400. The maximum Gasteiger partial charge on any atom is 0.411 e. The molecule has 0 aliphatic rings. The molecule has 1 rings (SSSR count). The first-order chi connectivity index (χ1) is 9.11. The Balaban J connectivity index is 2.57. The second-order valence-corrected chi connectivity index (χ2v) is 4.47. The van der Waals surface area contributed by atoms with E-state index in [1.54, 1.807) is 18.2 Å². The maximum absolute atomic E-state index is 11.5. The number of amides is 1. The molecule has 0 atom stereocenters. The minimum absolute atomic E-state index is 0.0481. The summed E-state index contributed by atoms with van der Waals surface area (Å²) in [4.78, 5) is 11.5. The monoisotopic (exact) mass is 261 g/mol. The number of hydrogen-bond donors (Lipinski definition) is 2. The highest BCUT2D eigenvalue weighted by Gasteiger charge is 2.04. The number of ether oxygens (including phenoxy) is 1. The second-order valence-electron chi connectivity index (χ2n) is 4.47. The summed E-state index contributed by atoms with van der Waals surface area (Å²) in [7, 11) is 0. The number of carbonyl (C=O) groups is 1. The summed E-state index contributed by atoms with van der Waals surface area (Å²) in [5.41, 5.74) is 1.43. The van der Waals surface area contributed by atoms with E-state index >= 15 is 0 Å². The van der Waals surface area contributed by atoms with Gasteiger partial charge in [-0.2, -0.15) is 0 Å². The lowest BCUT2D eigenvalue weighted by atomic mass is 10.2. The Kier molecular flexibility index (Phi) is 6.48. The van der Waals surface area contributed by atoms with E-state index in [4.69, 9.17) is 9.84 Å². The van der Waals surface area contributed by atoms with Gasteiger partial charge in [0.15, 0.2) is 0 Å². The molecule has 102 valence electrons. The fourth-order valence-corrected chi connectivity index (χ4v) is 1.29. The van der Waals surface area contributed by atoms with Gasteiger partial charge in [0, 0.05) is 17.7 Å². The fourth-order valence-electron chi connectivity index (χ4n) is 1.29. The maximum atomic E-state index is 11.5. The number of anilines is 1. The van der Waals surface area contributed by atoms with E-state index in [-0.39, 0.29) is 6.61 Å². The van der Waals surface area contributed by atoms with Crippen molar-refractivity contribution in [3.05, 3.63) is 29.8 Å². The van der Waals surface area contributed by atoms with Gasteiger partial charge in [-0.25, -0.2) is 4.79 Å². The van der Waals surface area contributed by atoms with E-state index in [1.165, 1.54) is 0 Å². The molecule has 2 N–H and O–H groups in total. The third-order valence-corrected chi connectivity index (χ3v) is 2.13. The smallest absolute Gasteiger partial charge is 0.411 e. The average molecular weight is 261 g/mol. The quantitative estimate of drug-likeness (QED) is 0.819. The molecule has 0 spiro atoms. The van der Waals surface area contributed by atoms with Crippen LogP contribution in [0, 0.1) is 17.8 Å². The topological polar surface area (TPSA) is 58.6 Å². The summed E-state index contributed by atoms with van der Waals surface area (Å²) in [6.45, 7) is 4.39. The van der Waals surface area contributed by atoms with Crippen molar-refractivity contribution in [2.75, 3.05) is 18.5 Å². The second kappa shape index (κ2) is 8.17. The molecule has 0 aromatic heterocycles. The van der Waals surface area contributed by atoms with Gasteiger partial charge < -0.3 is 9.84 Å². The SMILES string of the molecule is CC(C)COC(=O)Nc1cccc(C#CCCO)c1. The van der Waals surface area contributed by atoms with Crippen LogP contribution in [0.4, 0.5) is 10.5 Å². The zero-order valence-corrected chi connectivity index (χ0v) is 11.3. The normalized spacial score (nSPS) is 9.68. The Labute approximate surface area is 113 Å². The molecular weight excluding hydrogens is 242 g/mol. The number of nitrogens with one attached hydrogen (secondary N) is 1. The van der Waals surface area contributed by atoms with E-state index in [2.05, 4.69) is 17.2 Å². The predicted molar refractivity (Wildman–Crippen MR) is 74.8 cm³/mol. The highest BCUT2D eigenvalue weighted by Crippen LogP contribution is 2.10. The number of carbonyl (C=O) groups excluding carboxylic acids is 1. The molecule has 0 bridgehead atoms. The molecule has 0 aliphatic carbocycles. The molecule has 0 radical (unpaired) electrons. The minimum Gasteiger partial charge on any atom is -0.449 e. The predicted octanol–water partition coefficient (Wildman–Crippen LogP) is 2.63. The summed E-state index contributed by atoms with van der Waals surface area (Å²) in [6.07, 6.45) is -0.0252. The molecular formula is C15H19NO3. The first kappa shape index (κ1) is 15.1. The van der Waals surface area contributed by atoms with Crippen LogP contribution in [0.15, 0.2) is 24.3 Å². The third kappa shape index (κ3) is 6.49. The molecule has 0 unspecified atom stereocenters. The Hall–Kier alpha value is -1.99. The van der Waals surface area contributed by atoms with Crippen LogP contribution < -0.4 is 5.32 Å². The molecule has 0 aliphatic heterocycles. The van der Waals surface area contributed by atoms with Crippen LogP contribution in [0.3, 0.4) is 0 Å². The van der Waals surface area contributed by atoms with Crippen molar-refractivity contribution in [2.45, 2.75) is 20.3 Å². The van der Waals surface area contributed by atoms with Crippen molar-refractivity contribution in [3.63, 3.8) is 0 Å². The summed E-state index contributed by atoms with van der Waals surface area (Å²) < 4.78 is 5.03. The molecule has 0 saturated carbocycles. The van der Waals surface area contributed by atoms with Gasteiger partial charge in [0.05, 0.1) is 13.2 Å². The van der Waals surface area contributed by atoms with Crippen molar-refractivity contribution < 1.29 is 14.6 Å². The Morgan fingerprint density at radius 1 is 1.47 bits per heavy atom. The molecule has 4 heteroatoms. The summed E-state index contributed by atoms with van der Waals surface area (Å²) >= 11 is 0. The van der Waals surface area contributed by atoms with Gasteiger partial charge in [0.25, 0.3) is 0 Å². The standard InChI is InChI=1S/C15H19NO3/c1-12(2)11-19-15(18)16-14-8-5-7-13(10-14)6-3-4-9-17/h5,7-8,10,12,17H,4,9,11H2,1-2H3,(H,16,18). The lowest BCUT2D eigenvalue weighted by Gasteiger charge is -2.08. The number of aliphatic hydroxyl groups is 1. The number of rotatable bonds is 4. The van der Waals surface area contributed by atoms with Crippen LogP contribution in [0.25, 0.3) is 0 Å². The van der Waals surface area contributed by atoms with Gasteiger partial charge in [-0.15, -0.1) is 0 Å². The largest absolute Gasteiger partial charge is 0.449 e. The van der Waals surface area contributed by atoms with E-state index in [1.807, 2.05) is 19.9 Å². The van der Waals surface area contributed by atoms with Crippen molar-refractivity contribution in [3.8, 4) is 11.8 Å². The Morgan fingerprint density at radius 3 is 2.95 bits per heavy atom. The summed E-state index contributed by atoms with van der Waals surface area (Å²) in [6, 6.07) is 7.19. The van der Waals surface area contributed by atoms with Crippen molar-refractivity contribution in [1.29, 1.82) is 0 Å². The molecule has 1 aromatic rings. The van der Waals surface area contributed by atoms with Crippen LogP contribution >= 0.6 is 0 Å². The van der Waals surface area contributed by atoms with E-state index in [0.29, 0.717) is 24.6 Å². The van der Waals surface area contributed by atoms with Crippen LogP contribution in [0.2, 0.25) is 0 Å². The van der Waals surface area contributed by atoms with Crippen LogP contribution in [0.1, 0.15) is 25.8 Å². The van der Waals surface area contributed by atoms with Crippen LogP contribution in [-0.4, -0.2) is 24.4 Å². The van der Waals surface area contributed by atoms with Gasteiger partial charge in [-0.05, 0) is 24.1 Å². The zero-order chi connectivity index (χ0) is 14.1. The minimum atomic E-state index is -0.464. The van der Waals surface area contributed by atoms with Gasteiger partial charge in [0.2, 0.25) is 0 Å². The van der Waals surface area contributed by atoms with Gasteiger partial charge >= 0.3 is 6.09 Å². The Morgan fingerprint density at radius 2 is 2.26 bits per heavy atom. The molecule has 4 nitrogen and oxygen atoms in total. The van der Waals surface area contributed by atoms with E-state index in [0.717, 1.165) is 5.56 Å². The van der Waals surface area contributed by atoms with E-state index < -0.39 is 6.09 Å². The third-order valence-electron chi connectivity index (χ3n) is 2.13. The van der Waals surface area contributed by atoms with Gasteiger partial charge in [0.1, 0.15) is 0 Å². The van der Waals surface area contributed by atoms with Crippen LogP contribution in [-0.2, 0) is 4.74 Å². The average Bonchev–Trinajstić information content (AvgIpc) is 2.37. The zero-order valence-electron chi connectivity index (χ0n) is 11.3. The molecule has 1 amide bonds. The van der Waals surface area contributed by atoms with E-state index in [9.17, 15) is 4.79 Å². The highest BCUT2D eigenvalue weighted by molar-refractivity contribution is 5.84. The Bertz CT molecular complexity index is 472. The molecule has 0 heterocycles. The van der Waals surface area contributed by atoms with Gasteiger partial charge in [-0.1, -0.05) is 31.8 Å². The van der Waals surface area contributed by atoms with Crippen molar-refractivity contribution in [2.24, 2.45) is 5.92 Å². The molecule has 0 saturated heterocycles. The lowest BCUT2D eigenvalue weighted by Crippen LogP contribution is -2.16.